The molecule has 50 heavy (non-hydrogen) atoms. The lowest BCUT2D eigenvalue weighted by Gasteiger charge is -2.18. The van der Waals surface area contributed by atoms with Gasteiger partial charge < -0.3 is 14.2 Å². The minimum Gasteiger partial charge on any atom is -0.462 e. The Kier molecular flexibility index (Phi) is 37.2. The fraction of sp³-hybridized carbons (Fsp3) is 0.556. The first-order valence-electron chi connectivity index (χ1n) is 19.4. The van der Waals surface area contributed by atoms with E-state index in [9.17, 15) is 9.59 Å². The molecule has 1 unspecified atom stereocenters. The van der Waals surface area contributed by atoms with Crippen LogP contribution in [0, 0.1) is 0 Å². The third-order valence-corrected chi connectivity index (χ3v) is 7.34. The summed E-state index contributed by atoms with van der Waals surface area (Å²) >= 11 is 0. The molecule has 5 nitrogen and oxygen atoms in total. The summed E-state index contributed by atoms with van der Waals surface area (Å²) in [6, 6.07) is 0. The SMILES string of the molecule is CC/C=C\C/C=C\C/C=C\C/C=C\C/C=C\CCOCC(COC(=O)CC/C=C\C/C=C\C/C=C\C/C=C\CC)OC(=O)CCCCCCC. The molecule has 0 amide bonds. The maximum Gasteiger partial charge on any atom is 0.306 e. The molecule has 0 aliphatic rings. The molecule has 0 N–H and O–H groups in total. The van der Waals surface area contributed by atoms with Gasteiger partial charge in [-0.2, -0.15) is 0 Å². The predicted molar refractivity (Wildman–Crippen MR) is 214 cm³/mol. The van der Waals surface area contributed by atoms with Crippen molar-refractivity contribution in [2.75, 3.05) is 19.8 Å². The Morgan fingerprint density at radius 2 is 0.900 bits per heavy atom. The molecule has 0 radical (unpaired) electrons. The van der Waals surface area contributed by atoms with Gasteiger partial charge in [-0.25, -0.2) is 0 Å². The second-order valence-electron chi connectivity index (χ2n) is 12.1. The summed E-state index contributed by atoms with van der Waals surface area (Å²) < 4.78 is 16.9. The third-order valence-electron chi connectivity index (χ3n) is 7.34. The van der Waals surface area contributed by atoms with Gasteiger partial charge in [0.25, 0.3) is 0 Å². The Hall–Kier alpha value is -3.44. The minimum absolute atomic E-state index is 0.0102. The average molecular weight is 691 g/mol. The molecule has 0 spiro atoms. The second kappa shape index (κ2) is 40.0. The van der Waals surface area contributed by atoms with Crippen molar-refractivity contribution in [2.45, 2.75) is 142 Å². The number of carbonyl (C=O) groups is 2. The molecule has 0 saturated carbocycles. The Bertz CT molecular complexity index is 1050. The number of hydrogen-bond acceptors (Lipinski definition) is 5. The fourth-order valence-electron chi connectivity index (χ4n) is 4.53. The van der Waals surface area contributed by atoms with E-state index in [1.807, 2.05) is 6.08 Å². The molecule has 0 fully saturated rings. The van der Waals surface area contributed by atoms with Crippen molar-refractivity contribution in [1.82, 2.24) is 0 Å². The highest BCUT2D eigenvalue weighted by Crippen LogP contribution is 2.08. The molecule has 1 atom stereocenters. The second-order valence-corrected chi connectivity index (χ2v) is 12.1. The van der Waals surface area contributed by atoms with E-state index in [-0.39, 0.29) is 31.6 Å². The summed E-state index contributed by atoms with van der Waals surface area (Å²) in [7, 11) is 0. The van der Waals surface area contributed by atoms with E-state index in [1.165, 1.54) is 6.42 Å². The van der Waals surface area contributed by atoms with Crippen molar-refractivity contribution in [3.05, 3.63) is 109 Å². The van der Waals surface area contributed by atoms with E-state index in [0.717, 1.165) is 89.9 Å². The van der Waals surface area contributed by atoms with Crippen molar-refractivity contribution in [1.29, 1.82) is 0 Å². The van der Waals surface area contributed by atoms with Gasteiger partial charge in [0.15, 0.2) is 6.10 Å². The zero-order valence-electron chi connectivity index (χ0n) is 31.9. The number of carbonyl (C=O) groups excluding carboxylic acids is 2. The maximum absolute atomic E-state index is 12.5. The Labute approximate surface area is 306 Å². The minimum atomic E-state index is -0.604. The Balaban J connectivity index is 4.38. The molecule has 5 heteroatoms. The van der Waals surface area contributed by atoms with E-state index < -0.39 is 6.10 Å². The molecule has 0 heterocycles. The van der Waals surface area contributed by atoms with Crippen LogP contribution in [0.5, 0.6) is 0 Å². The van der Waals surface area contributed by atoms with Crippen molar-refractivity contribution < 1.29 is 23.8 Å². The Morgan fingerprint density at radius 1 is 0.460 bits per heavy atom. The van der Waals surface area contributed by atoms with Crippen LogP contribution in [0.2, 0.25) is 0 Å². The normalized spacial score (nSPS) is 13.4. The first-order chi connectivity index (χ1) is 24.6. The molecule has 0 bridgehead atoms. The van der Waals surface area contributed by atoms with Crippen LogP contribution in [0.25, 0.3) is 0 Å². The van der Waals surface area contributed by atoms with Crippen LogP contribution >= 0.6 is 0 Å². The Morgan fingerprint density at radius 3 is 1.38 bits per heavy atom. The van der Waals surface area contributed by atoms with Crippen LogP contribution in [0.15, 0.2) is 109 Å². The number of ether oxygens (including phenoxy) is 3. The first-order valence-corrected chi connectivity index (χ1v) is 19.4. The number of esters is 2. The first kappa shape index (κ1) is 46.6. The van der Waals surface area contributed by atoms with Crippen LogP contribution in [-0.2, 0) is 23.8 Å². The van der Waals surface area contributed by atoms with Gasteiger partial charge in [0.05, 0.1) is 13.2 Å². The third kappa shape index (κ3) is 37.4. The largest absolute Gasteiger partial charge is 0.462 e. The van der Waals surface area contributed by atoms with Crippen LogP contribution in [0.3, 0.4) is 0 Å². The number of unbranched alkanes of at least 4 members (excludes halogenated alkanes) is 4. The number of hydrogen-bond donors (Lipinski definition) is 0. The molecule has 0 saturated heterocycles. The van der Waals surface area contributed by atoms with Gasteiger partial charge in [-0.1, -0.05) is 156 Å². The van der Waals surface area contributed by atoms with Crippen molar-refractivity contribution in [3.8, 4) is 0 Å². The van der Waals surface area contributed by atoms with Gasteiger partial charge in [0.2, 0.25) is 0 Å². The fourth-order valence-corrected chi connectivity index (χ4v) is 4.53. The molecule has 0 rings (SSSR count). The van der Waals surface area contributed by atoms with Crippen molar-refractivity contribution >= 4 is 11.9 Å². The molecule has 0 aromatic heterocycles. The van der Waals surface area contributed by atoms with E-state index in [4.69, 9.17) is 14.2 Å². The monoisotopic (exact) mass is 691 g/mol. The van der Waals surface area contributed by atoms with Crippen molar-refractivity contribution in [2.24, 2.45) is 0 Å². The van der Waals surface area contributed by atoms with Crippen LogP contribution < -0.4 is 0 Å². The molecule has 0 aliphatic carbocycles. The van der Waals surface area contributed by atoms with Crippen LogP contribution in [0.1, 0.15) is 136 Å². The maximum atomic E-state index is 12.5. The highest BCUT2D eigenvalue weighted by atomic mass is 16.6. The summed E-state index contributed by atoms with van der Waals surface area (Å²) in [5.74, 6) is -0.560. The molecule has 0 aromatic carbocycles. The standard InChI is InChI=1S/C45H70O5/c1-4-7-10-13-15-17-19-21-22-23-25-27-29-31-34-37-40-48-41-43(50-45(47)39-36-32-12-9-6-3)42-49-44(46)38-35-33-30-28-26-24-20-18-16-14-11-8-5-2/h7-8,10-11,15-18,21-22,24-27,30-31,33-34,43H,4-6,9,12-14,19-20,23,28-29,32,35-42H2,1-3H3/b10-7-,11-8-,17-15-,18-16-,22-21-,26-24-,27-25-,33-30-,34-31-. The lowest BCUT2D eigenvalue weighted by molar-refractivity contribution is -0.162. The number of allylic oxidation sites excluding steroid dienone is 17. The molecule has 0 aromatic rings. The summed E-state index contributed by atoms with van der Waals surface area (Å²) in [5, 5.41) is 0. The van der Waals surface area contributed by atoms with E-state index in [0.29, 0.717) is 19.4 Å². The average Bonchev–Trinajstić information content (AvgIpc) is 3.11. The van der Waals surface area contributed by atoms with Gasteiger partial charge in [0.1, 0.15) is 6.61 Å². The number of rotatable bonds is 33. The van der Waals surface area contributed by atoms with E-state index in [2.05, 4.69) is 124 Å². The zero-order chi connectivity index (χ0) is 36.4. The summed E-state index contributed by atoms with van der Waals surface area (Å²) in [4.78, 5) is 24.8. The molecule has 280 valence electrons. The molecule has 0 aliphatic heterocycles. The van der Waals surface area contributed by atoms with E-state index >= 15 is 0 Å². The van der Waals surface area contributed by atoms with Gasteiger partial charge >= 0.3 is 11.9 Å². The van der Waals surface area contributed by atoms with Gasteiger partial charge in [-0.3, -0.25) is 9.59 Å². The highest BCUT2D eigenvalue weighted by Gasteiger charge is 2.17. The van der Waals surface area contributed by atoms with Crippen molar-refractivity contribution in [3.63, 3.8) is 0 Å². The van der Waals surface area contributed by atoms with Crippen LogP contribution in [0.4, 0.5) is 0 Å². The van der Waals surface area contributed by atoms with Crippen LogP contribution in [-0.4, -0.2) is 37.9 Å². The van der Waals surface area contributed by atoms with E-state index in [1.54, 1.807) is 0 Å². The highest BCUT2D eigenvalue weighted by molar-refractivity contribution is 5.70. The predicted octanol–water partition coefficient (Wildman–Crippen LogP) is 12.5. The summed E-state index contributed by atoms with van der Waals surface area (Å²) in [6.07, 6.45) is 54.3. The molecular formula is C45H70O5. The molecular weight excluding hydrogens is 620 g/mol. The van der Waals surface area contributed by atoms with Gasteiger partial charge in [-0.05, 0) is 77.0 Å². The lowest BCUT2D eigenvalue weighted by atomic mass is 10.1. The van der Waals surface area contributed by atoms with Gasteiger partial charge in [-0.15, -0.1) is 0 Å². The lowest BCUT2D eigenvalue weighted by Crippen LogP contribution is -2.30. The summed E-state index contributed by atoms with van der Waals surface area (Å²) in [6.45, 7) is 7.18. The van der Waals surface area contributed by atoms with Gasteiger partial charge in [0, 0.05) is 12.8 Å². The summed E-state index contributed by atoms with van der Waals surface area (Å²) in [5.41, 5.74) is 0. The smallest absolute Gasteiger partial charge is 0.306 e. The quantitative estimate of drug-likeness (QED) is 0.0390. The topological polar surface area (TPSA) is 61.8 Å². The zero-order valence-corrected chi connectivity index (χ0v) is 31.9.